The first-order chi connectivity index (χ1) is 16.0. The molecule has 0 atom stereocenters. The molecule has 5 nitrogen and oxygen atoms in total. The van der Waals surface area contributed by atoms with Crippen LogP contribution in [0.3, 0.4) is 0 Å². The first kappa shape index (κ1) is 22.8. The van der Waals surface area contributed by atoms with E-state index in [0.29, 0.717) is 16.4 Å². The average Bonchev–Trinajstić information content (AvgIpc) is 3.19. The Morgan fingerprint density at radius 1 is 0.909 bits per heavy atom. The first-order valence-electron chi connectivity index (χ1n) is 10.4. The zero-order chi connectivity index (χ0) is 23.2. The van der Waals surface area contributed by atoms with Gasteiger partial charge in [-0.25, -0.2) is 4.98 Å². The van der Waals surface area contributed by atoms with E-state index in [0.717, 1.165) is 26.6 Å². The molecule has 33 heavy (non-hydrogen) atoms. The van der Waals surface area contributed by atoms with Crippen LogP contribution in [0.25, 0.3) is 11.3 Å². The Hall–Kier alpha value is -3.42. The molecule has 0 radical (unpaired) electrons. The lowest BCUT2D eigenvalue weighted by molar-refractivity contribution is -0.113. The summed E-state index contributed by atoms with van der Waals surface area (Å²) in [7, 11) is 0. The number of nitrogens with zero attached hydrogens (tertiary/aromatic N) is 1. The Bertz CT molecular complexity index is 1270. The maximum absolute atomic E-state index is 12.4. The van der Waals surface area contributed by atoms with Gasteiger partial charge in [0.05, 0.1) is 11.4 Å². The van der Waals surface area contributed by atoms with Gasteiger partial charge in [-0.2, -0.15) is 0 Å². The van der Waals surface area contributed by atoms with E-state index in [2.05, 4.69) is 15.6 Å². The third-order valence-corrected chi connectivity index (χ3v) is 6.75. The number of carbonyl (C=O) groups excluding carboxylic acids is 2. The van der Waals surface area contributed by atoms with Gasteiger partial charge in [0.1, 0.15) is 0 Å². The number of thiazole rings is 1. The van der Waals surface area contributed by atoms with E-state index < -0.39 is 0 Å². The smallest absolute Gasteiger partial charge is 0.255 e. The monoisotopic (exact) mass is 473 g/mol. The largest absolute Gasteiger partial charge is 0.322 e. The average molecular weight is 474 g/mol. The van der Waals surface area contributed by atoms with E-state index in [9.17, 15) is 9.59 Å². The molecule has 0 bridgehead atoms. The number of benzene rings is 3. The molecule has 0 saturated carbocycles. The van der Waals surface area contributed by atoms with E-state index in [1.807, 2.05) is 86.6 Å². The number of aryl methyl sites for hydroxylation is 2. The van der Waals surface area contributed by atoms with Gasteiger partial charge in [-0.1, -0.05) is 48.0 Å². The fourth-order valence-corrected chi connectivity index (χ4v) is 4.79. The Morgan fingerprint density at radius 3 is 2.39 bits per heavy atom. The third kappa shape index (κ3) is 6.09. The van der Waals surface area contributed by atoms with Crippen molar-refractivity contribution in [2.75, 3.05) is 16.4 Å². The molecule has 2 N–H and O–H groups in total. The van der Waals surface area contributed by atoms with Crippen LogP contribution in [0.5, 0.6) is 0 Å². The van der Waals surface area contributed by atoms with Crippen molar-refractivity contribution in [2.45, 2.75) is 18.7 Å². The Labute approximate surface area is 201 Å². The molecule has 4 rings (SSSR count). The number of hydrogen-bond donors (Lipinski definition) is 2. The van der Waals surface area contributed by atoms with Crippen LogP contribution in [0.1, 0.15) is 20.8 Å². The van der Waals surface area contributed by atoms with Crippen LogP contribution in [0.2, 0.25) is 0 Å². The Kier molecular flexibility index (Phi) is 7.22. The summed E-state index contributed by atoms with van der Waals surface area (Å²) in [5, 5.41) is 6.39. The fraction of sp³-hybridized carbons (Fsp3) is 0.115. The number of thioether (sulfide) groups is 1. The molecule has 4 aromatic rings. The zero-order valence-electron chi connectivity index (χ0n) is 18.3. The molecule has 0 saturated heterocycles. The summed E-state index contributed by atoms with van der Waals surface area (Å²) in [4.78, 5) is 31.4. The van der Waals surface area contributed by atoms with Crippen LogP contribution in [-0.2, 0) is 4.79 Å². The molecule has 3 aromatic carbocycles. The molecule has 1 aromatic heterocycles. The second-order valence-corrected chi connectivity index (χ2v) is 9.73. The van der Waals surface area contributed by atoms with Crippen molar-refractivity contribution in [3.63, 3.8) is 0 Å². The molecular formula is C26H23N3O2S2. The van der Waals surface area contributed by atoms with Crippen molar-refractivity contribution in [2.24, 2.45) is 0 Å². The third-order valence-electron chi connectivity index (χ3n) is 4.85. The number of amides is 2. The number of aromatic nitrogens is 1. The highest BCUT2D eigenvalue weighted by atomic mass is 32.2. The van der Waals surface area contributed by atoms with Crippen molar-refractivity contribution in [1.29, 1.82) is 0 Å². The maximum atomic E-state index is 12.4. The summed E-state index contributed by atoms with van der Waals surface area (Å²) in [5.74, 6) is 0.0196. The van der Waals surface area contributed by atoms with Crippen LogP contribution >= 0.6 is 23.1 Å². The number of anilines is 2. The first-order valence-corrected chi connectivity index (χ1v) is 12.2. The molecule has 2 amide bonds. The fourth-order valence-electron chi connectivity index (χ4n) is 3.24. The number of rotatable bonds is 7. The normalized spacial score (nSPS) is 10.6. The SMILES string of the molecule is Cc1cccc(C(=O)Nc2ccc(SCC(=O)Nc3nc(-c4ccccc4)c(C)s3)cc2)c1. The van der Waals surface area contributed by atoms with Crippen LogP contribution in [0.15, 0.2) is 83.8 Å². The minimum atomic E-state index is -0.146. The Balaban J connectivity index is 1.30. The lowest BCUT2D eigenvalue weighted by atomic mass is 10.1. The number of nitrogens with one attached hydrogen (secondary N) is 2. The lowest BCUT2D eigenvalue weighted by Crippen LogP contribution is -2.13. The predicted octanol–water partition coefficient (Wildman–Crippen LogP) is 6.41. The van der Waals surface area contributed by atoms with Crippen molar-refractivity contribution in [1.82, 2.24) is 4.98 Å². The van der Waals surface area contributed by atoms with Gasteiger partial charge in [0.25, 0.3) is 5.91 Å². The second kappa shape index (κ2) is 10.5. The molecule has 166 valence electrons. The van der Waals surface area contributed by atoms with E-state index in [1.54, 1.807) is 6.07 Å². The minimum Gasteiger partial charge on any atom is -0.322 e. The van der Waals surface area contributed by atoms with Crippen molar-refractivity contribution in [3.8, 4) is 11.3 Å². The highest BCUT2D eigenvalue weighted by Crippen LogP contribution is 2.30. The van der Waals surface area contributed by atoms with Gasteiger partial charge in [0.2, 0.25) is 5.91 Å². The molecule has 0 aliphatic carbocycles. The summed E-state index contributed by atoms with van der Waals surface area (Å²) in [6, 6.07) is 24.9. The van der Waals surface area contributed by atoms with Gasteiger partial charge in [-0.15, -0.1) is 23.1 Å². The lowest BCUT2D eigenvalue weighted by Gasteiger charge is -2.07. The van der Waals surface area contributed by atoms with E-state index in [-0.39, 0.29) is 17.6 Å². The second-order valence-electron chi connectivity index (χ2n) is 7.47. The van der Waals surface area contributed by atoms with Crippen LogP contribution < -0.4 is 10.6 Å². The molecule has 1 heterocycles. The summed E-state index contributed by atoms with van der Waals surface area (Å²) in [6.45, 7) is 3.96. The molecule has 0 fully saturated rings. The van der Waals surface area contributed by atoms with Gasteiger partial charge in [-0.3, -0.25) is 9.59 Å². The van der Waals surface area contributed by atoms with E-state index in [1.165, 1.54) is 23.1 Å². The van der Waals surface area contributed by atoms with E-state index >= 15 is 0 Å². The molecule has 0 aliphatic heterocycles. The molecule has 0 unspecified atom stereocenters. The molecule has 0 spiro atoms. The number of hydrogen-bond acceptors (Lipinski definition) is 5. The molecular weight excluding hydrogens is 450 g/mol. The minimum absolute atomic E-state index is 0.106. The summed E-state index contributed by atoms with van der Waals surface area (Å²) in [5.41, 5.74) is 4.31. The highest BCUT2D eigenvalue weighted by Gasteiger charge is 2.12. The highest BCUT2D eigenvalue weighted by molar-refractivity contribution is 8.00. The van der Waals surface area contributed by atoms with Crippen molar-refractivity contribution < 1.29 is 9.59 Å². The summed E-state index contributed by atoms with van der Waals surface area (Å²) >= 11 is 2.91. The van der Waals surface area contributed by atoms with Gasteiger partial charge in [0, 0.05) is 26.6 Å². The van der Waals surface area contributed by atoms with Crippen LogP contribution in [-0.4, -0.2) is 22.6 Å². The molecule has 7 heteroatoms. The summed E-state index contributed by atoms with van der Waals surface area (Å²) in [6.07, 6.45) is 0. The van der Waals surface area contributed by atoms with Gasteiger partial charge in [-0.05, 0) is 50.2 Å². The number of carbonyl (C=O) groups is 2. The van der Waals surface area contributed by atoms with E-state index in [4.69, 9.17) is 0 Å². The summed E-state index contributed by atoms with van der Waals surface area (Å²) < 4.78 is 0. The molecule has 0 aliphatic rings. The quantitative estimate of drug-likeness (QED) is 0.304. The van der Waals surface area contributed by atoms with Gasteiger partial charge < -0.3 is 10.6 Å². The zero-order valence-corrected chi connectivity index (χ0v) is 19.9. The van der Waals surface area contributed by atoms with Crippen LogP contribution in [0.4, 0.5) is 10.8 Å². The maximum Gasteiger partial charge on any atom is 0.255 e. The van der Waals surface area contributed by atoms with Crippen molar-refractivity contribution >= 4 is 45.7 Å². The van der Waals surface area contributed by atoms with Gasteiger partial charge in [0.15, 0.2) is 5.13 Å². The predicted molar refractivity (Wildman–Crippen MR) is 137 cm³/mol. The Morgan fingerprint density at radius 2 is 1.67 bits per heavy atom. The standard InChI is InChI=1S/C26H23N3O2S2/c1-17-7-6-10-20(15-17)25(31)27-21-11-13-22(14-12-21)32-16-23(30)28-26-29-24(18(2)33-26)19-8-4-3-5-9-19/h3-15H,16H2,1-2H3,(H,27,31)(H,28,29,30). The van der Waals surface area contributed by atoms with Gasteiger partial charge >= 0.3 is 0 Å². The topological polar surface area (TPSA) is 71.1 Å². The van der Waals surface area contributed by atoms with Crippen molar-refractivity contribution in [3.05, 3.63) is 94.9 Å². The van der Waals surface area contributed by atoms with Crippen LogP contribution in [0, 0.1) is 13.8 Å².